The first-order chi connectivity index (χ1) is 12.2. The second kappa shape index (κ2) is 8.12. The first-order valence-corrected chi connectivity index (χ1v) is 8.60. The van der Waals surface area contributed by atoms with Gasteiger partial charge in [0, 0.05) is 30.8 Å². The molecule has 0 bridgehead atoms. The van der Waals surface area contributed by atoms with Gasteiger partial charge in [0.1, 0.15) is 5.60 Å². The van der Waals surface area contributed by atoms with Crippen LogP contribution < -0.4 is 0 Å². The van der Waals surface area contributed by atoms with Gasteiger partial charge in [0.2, 0.25) is 0 Å². The Labute approximate surface area is 152 Å². The minimum atomic E-state index is -0.509. The third-order valence-electron chi connectivity index (χ3n) is 4.07. The minimum Gasteiger partial charge on any atom is -0.444 e. The summed E-state index contributed by atoms with van der Waals surface area (Å²) in [6.45, 7) is 6.70. The predicted octanol–water partition coefficient (Wildman–Crippen LogP) is 3.98. The zero-order valence-corrected chi connectivity index (χ0v) is 15.3. The maximum atomic E-state index is 12.2. The summed E-state index contributed by atoms with van der Waals surface area (Å²) in [5, 5.41) is 10.6. The second-order valence-corrected chi connectivity index (χ2v) is 7.33. The maximum absolute atomic E-state index is 12.2. The van der Waals surface area contributed by atoms with Crippen LogP contribution in [0.15, 0.2) is 36.4 Å². The molecule has 26 heavy (non-hydrogen) atoms. The number of likely N-dealkylation sites (tertiary alicyclic amines) is 1. The Morgan fingerprint density at radius 3 is 2.27 bits per heavy atom. The van der Waals surface area contributed by atoms with Crippen molar-refractivity contribution in [1.29, 1.82) is 0 Å². The number of amides is 1. The van der Waals surface area contributed by atoms with Crippen molar-refractivity contribution in [2.45, 2.75) is 39.2 Å². The summed E-state index contributed by atoms with van der Waals surface area (Å²) < 4.78 is 5.36. The molecule has 0 spiro atoms. The molecule has 0 aliphatic carbocycles. The van der Waals surface area contributed by atoms with Crippen molar-refractivity contribution in [3.8, 4) is 0 Å². The lowest BCUT2D eigenvalue weighted by atomic mass is 9.95. The summed E-state index contributed by atoms with van der Waals surface area (Å²) >= 11 is 0. The van der Waals surface area contributed by atoms with Crippen LogP contribution in [0.5, 0.6) is 0 Å². The van der Waals surface area contributed by atoms with E-state index in [1.165, 1.54) is 30.3 Å². The molecule has 7 nitrogen and oxygen atoms in total. The fourth-order valence-electron chi connectivity index (χ4n) is 2.67. The van der Waals surface area contributed by atoms with Gasteiger partial charge in [0.05, 0.1) is 4.92 Å². The largest absolute Gasteiger partial charge is 0.444 e. The number of non-ortho nitro benzene ring substituents is 1. The van der Waals surface area contributed by atoms with Crippen molar-refractivity contribution in [3.05, 3.63) is 52.1 Å². The van der Waals surface area contributed by atoms with Gasteiger partial charge in [-0.2, -0.15) is 0 Å². The number of piperidine rings is 1. The lowest BCUT2D eigenvalue weighted by Crippen LogP contribution is -2.41. The summed E-state index contributed by atoms with van der Waals surface area (Å²) in [6, 6.07) is 5.55. The Kier molecular flexibility index (Phi) is 6.13. The zero-order chi connectivity index (χ0) is 19.3. The smallest absolute Gasteiger partial charge is 0.410 e. The molecule has 7 heteroatoms. The molecular formula is C19H24N2O5. The second-order valence-electron chi connectivity index (χ2n) is 7.33. The topological polar surface area (TPSA) is 89.8 Å². The highest BCUT2D eigenvalue weighted by molar-refractivity contribution is 6.04. The molecule has 1 aliphatic heterocycles. The van der Waals surface area contributed by atoms with Crippen LogP contribution in [0.2, 0.25) is 0 Å². The van der Waals surface area contributed by atoms with Crippen LogP contribution in [-0.4, -0.2) is 40.4 Å². The molecule has 1 saturated heterocycles. The van der Waals surface area contributed by atoms with Crippen LogP contribution in [0, 0.1) is 16.0 Å². The van der Waals surface area contributed by atoms with E-state index in [4.69, 9.17) is 4.74 Å². The number of nitro groups is 1. The summed E-state index contributed by atoms with van der Waals surface area (Å²) in [7, 11) is 0. The lowest BCUT2D eigenvalue weighted by molar-refractivity contribution is -0.384. The third-order valence-corrected chi connectivity index (χ3v) is 4.07. The SMILES string of the molecule is CC(C)(C)OC(=O)N1CCC(/C=C/C(=O)c2ccc([N+](=O)[O-])cc2)CC1. The average molecular weight is 360 g/mol. The van der Waals surface area contributed by atoms with Crippen LogP contribution in [0.25, 0.3) is 0 Å². The van der Waals surface area contributed by atoms with Crippen molar-refractivity contribution < 1.29 is 19.2 Å². The van der Waals surface area contributed by atoms with E-state index in [-0.39, 0.29) is 23.5 Å². The Morgan fingerprint density at radius 2 is 1.77 bits per heavy atom. The summed E-state index contributed by atoms with van der Waals surface area (Å²) in [5.41, 5.74) is -0.136. The van der Waals surface area contributed by atoms with Gasteiger partial charge in [0.15, 0.2) is 5.78 Å². The average Bonchev–Trinajstić information content (AvgIpc) is 2.58. The number of allylic oxidation sites excluding steroid dienone is 2. The minimum absolute atomic E-state index is 0.0416. The van der Waals surface area contributed by atoms with Crippen LogP contribution in [0.1, 0.15) is 44.0 Å². The van der Waals surface area contributed by atoms with Gasteiger partial charge < -0.3 is 9.64 Å². The number of nitrogens with zero attached hydrogens (tertiary/aromatic N) is 2. The number of benzene rings is 1. The molecule has 0 saturated carbocycles. The molecule has 0 aromatic heterocycles. The monoisotopic (exact) mass is 360 g/mol. The molecule has 0 unspecified atom stereocenters. The number of carbonyl (C=O) groups is 2. The molecule has 2 rings (SSSR count). The standard InChI is InChI=1S/C19H24N2O5/c1-19(2,3)26-18(23)20-12-10-14(11-13-20)4-9-17(22)15-5-7-16(8-6-15)21(24)25/h4-9,14H,10-13H2,1-3H3/b9-4+. The Hall–Kier alpha value is -2.70. The number of ether oxygens (including phenoxy) is 1. The van der Waals surface area contributed by atoms with Gasteiger partial charge in [-0.3, -0.25) is 14.9 Å². The van der Waals surface area contributed by atoms with Crippen molar-refractivity contribution in [3.63, 3.8) is 0 Å². The van der Waals surface area contributed by atoms with E-state index in [9.17, 15) is 19.7 Å². The normalized spacial score (nSPS) is 15.9. The summed E-state index contributed by atoms with van der Waals surface area (Å²) in [5.74, 6) is 0.0326. The molecule has 0 N–H and O–H groups in total. The van der Waals surface area contributed by atoms with E-state index in [0.717, 1.165) is 12.8 Å². The van der Waals surface area contributed by atoms with Crippen LogP contribution in [-0.2, 0) is 4.74 Å². The quantitative estimate of drug-likeness (QED) is 0.351. The molecule has 1 aromatic rings. The first kappa shape index (κ1) is 19.6. The number of carbonyl (C=O) groups excluding carboxylic acids is 2. The van der Waals surface area contributed by atoms with Gasteiger partial charge in [-0.1, -0.05) is 6.08 Å². The first-order valence-electron chi connectivity index (χ1n) is 8.60. The zero-order valence-electron chi connectivity index (χ0n) is 15.3. The number of ketones is 1. The molecule has 1 aliphatic rings. The molecule has 1 aromatic carbocycles. The van der Waals surface area contributed by atoms with Crippen LogP contribution >= 0.6 is 0 Å². The van der Waals surface area contributed by atoms with Crippen molar-refractivity contribution in [2.24, 2.45) is 5.92 Å². The van der Waals surface area contributed by atoms with Gasteiger partial charge in [-0.25, -0.2) is 4.79 Å². The van der Waals surface area contributed by atoms with Crippen LogP contribution in [0.3, 0.4) is 0 Å². The Bertz CT molecular complexity index is 696. The predicted molar refractivity (Wildman–Crippen MR) is 97.1 cm³/mol. The van der Waals surface area contributed by atoms with Crippen molar-refractivity contribution in [1.82, 2.24) is 4.90 Å². The van der Waals surface area contributed by atoms with Crippen molar-refractivity contribution >= 4 is 17.6 Å². The Morgan fingerprint density at radius 1 is 1.19 bits per heavy atom. The number of rotatable bonds is 4. The molecular weight excluding hydrogens is 336 g/mol. The molecule has 0 atom stereocenters. The van der Waals surface area contributed by atoms with Gasteiger partial charge >= 0.3 is 6.09 Å². The van der Waals surface area contributed by atoms with E-state index >= 15 is 0 Å². The highest BCUT2D eigenvalue weighted by atomic mass is 16.6. The molecule has 0 radical (unpaired) electrons. The van der Waals surface area contributed by atoms with E-state index < -0.39 is 10.5 Å². The van der Waals surface area contributed by atoms with E-state index in [0.29, 0.717) is 18.7 Å². The lowest BCUT2D eigenvalue weighted by Gasteiger charge is -2.32. The highest BCUT2D eigenvalue weighted by Gasteiger charge is 2.26. The van der Waals surface area contributed by atoms with Crippen molar-refractivity contribution in [2.75, 3.05) is 13.1 Å². The fourth-order valence-corrected chi connectivity index (χ4v) is 2.67. The van der Waals surface area contributed by atoms with E-state index in [2.05, 4.69) is 0 Å². The molecule has 1 amide bonds. The molecule has 1 heterocycles. The molecule has 1 fully saturated rings. The van der Waals surface area contributed by atoms with E-state index in [1.807, 2.05) is 26.8 Å². The Balaban J connectivity index is 1.85. The number of hydrogen-bond acceptors (Lipinski definition) is 5. The van der Waals surface area contributed by atoms with Gasteiger partial charge in [-0.15, -0.1) is 0 Å². The summed E-state index contributed by atoms with van der Waals surface area (Å²) in [4.78, 5) is 36.0. The van der Waals surface area contributed by atoms with Gasteiger partial charge in [0.25, 0.3) is 5.69 Å². The fraction of sp³-hybridized carbons (Fsp3) is 0.474. The third kappa shape index (κ3) is 5.68. The van der Waals surface area contributed by atoms with E-state index in [1.54, 1.807) is 4.90 Å². The number of nitro benzene ring substituents is 1. The maximum Gasteiger partial charge on any atom is 0.410 e. The molecule has 140 valence electrons. The summed E-state index contributed by atoms with van der Waals surface area (Å²) in [6.07, 6.45) is 4.60. The highest BCUT2D eigenvalue weighted by Crippen LogP contribution is 2.21. The van der Waals surface area contributed by atoms with Gasteiger partial charge in [-0.05, 0) is 57.7 Å². The van der Waals surface area contributed by atoms with Crippen LogP contribution in [0.4, 0.5) is 10.5 Å². The number of hydrogen-bond donors (Lipinski definition) is 0.